The van der Waals surface area contributed by atoms with Crippen molar-refractivity contribution in [2.75, 3.05) is 0 Å². The summed E-state index contributed by atoms with van der Waals surface area (Å²) in [6.07, 6.45) is 2.87. The van der Waals surface area contributed by atoms with Crippen LogP contribution in [0.25, 0.3) is 0 Å². The van der Waals surface area contributed by atoms with E-state index >= 15 is 0 Å². The summed E-state index contributed by atoms with van der Waals surface area (Å²) in [7, 11) is 0. The van der Waals surface area contributed by atoms with Gasteiger partial charge in [0.05, 0.1) is 4.92 Å². The van der Waals surface area contributed by atoms with Crippen LogP contribution in [0.15, 0.2) is 24.3 Å². The molecule has 4 nitrogen and oxygen atoms in total. The SMILES string of the molecule is CC(C)(C)C1CCC(=O)C(Cc2ccccc2[N+](=O)[O-])C1. The number of nitrogens with zero attached hydrogens (tertiary/aromatic N) is 1. The average Bonchev–Trinajstić information content (AvgIpc) is 2.40. The van der Waals surface area contributed by atoms with E-state index in [1.807, 2.05) is 0 Å². The summed E-state index contributed by atoms with van der Waals surface area (Å²) in [4.78, 5) is 22.9. The second kappa shape index (κ2) is 5.96. The van der Waals surface area contributed by atoms with Crippen LogP contribution < -0.4 is 0 Å². The van der Waals surface area contributed by atoms with Gasteiger partial charge in [0.15, 0.2) is 0 Å². The van der Waals surface area contributed by atoms with Gasteiger partial charge in [-0.2, -0.15) is 0 Å². The first-order chi connectivity index (χ1) is 9.79. The third-order valence-electron chi connectivity index (χ3n) is 4.64. The van der Waals surface area contributed by atoms with Crippen molar-refractivity contribution in [3.05, 3.63) is 39.9 Å². The van der Waals surface area contributed by atoms with E-state index in [2.05, 4.69) is 20.8 Å². The number of rotatable bonds is 3. The minimum atomic E-state index is -0.357. The van der Waals surface area contributed by atoms with Gasteiger partial charge in [-0.3, -0.25) is 14.9 Å². The summed E-state index contributed by atoms with van der Waals surface area (Å²) < 4.78 is 0. The van der Waals surface area contributed by atoms with Crippen molar-refractivity contribution in [1.29, 1.82) is 0 Å². The maximum absolute atomic E-state index is 12.2. The Bertz CT molecular complexity index is 545. The van der Waals surface area contributed by atoms with Crippen LogP contribution in [0.3, 0.4) is 0 Å². The summed E-state index contributed by atoms with van der Waals surface area (Å²) >= 11 is 0. The number of carbonyl (C=O) groups is 1. The van der Waals surface area contributed by atoms with Gasteiger partial charge in [-0.05, 0) is 30.6 Å². The van der Waals surface area contributed by atoms with Gasteiger partial charge in [-0.25, -0.2) is 0 Å². The molecule has 2 rings (SSSR count). The molecule has 0 spiro atoms. The maximum atomic E-state index is 12.2. The lowest BCUT2D eigenvalue weighted by molar-refractivity contribution is -0.385. The first kappa shape index (κ1) is 15.7. The van der Waals surface area contributed by atoms with Crippen LogP contribution in [0.4, 0.5) is 5.69 Å². The van der Waals surface area contributed by atoms with Gasteiger partial charge >= 0.3 is 0 Å². The molecule has 0 bridgehead atoms. The average molecular weight is 289 g/mol. The van der Waals surface area contributed by atoms with Crippen LogP contribution in [0.5, 0.6) is 0 Å². The van der Waals surface area contributed by atoms with Crippen molar-refractivity contribution in [3.8, 4) is 0 Å². The number of benzene rings is 1. The zero-order valence-electron chi connectivity index (χ0n) is 13.0. The normalized spacial score (nSPS) is 23.1. The third-order valence-corrected chi connectivity index (χ3v) is 4.64. The minimum absolute atomic E-state index is 0.0796. The van der Waals surface area contributed by atoms with Crippen LogP contribution in [0, 0.1) is 27.4 Å². The fraction of sp³-hybridized carbons (Fsp3) is 0.588. The van der Waals surface area contributed by atoms with E-state index < -0.39 is 0 Å². The maximum Gasteiger partial charge on any atom is 0.272 e. The molecule has 1 aliphatic rings. The summed E-state index contributed by atoms with van der Waals surface area (Å²) in [5, 5.41) is 11.1. The van der Waals surface area contributed by atoms with Gasteiger partial charge in [-0.15, -0.1) is 0 Å². The van der Waals surface area contributed by atoms with E-state index in [-0.39, 0.29) is 27.7 Å². The highest BCUT2D eigenvalue weighted by Crippen LogP contribution is 2.40. The summed E-state index contributed by atoms with van der Waals surface area (Å²) in [6.45, 7) is 6.61. The Hall–Kier alpha value is -1.71. The quantitative estimate of drug-likeness (QED) is 0.620. The van der Waals surface area contributed by atoms with E-state index in [9.17, 15) is 14.9 Å². The smallest absolute Gasteiger partial charge is 0.272 e. The van der Waals surface area contributed by atoms with Crippen LogP contribution in [-0.2, 0) is 11.2 Å². The molecule has 2 unspecified atom stereocenters. The molecule has 0 aromatic heterocycles. The number of ketones is 1. The number of hydrogen-bond donors (Lipinski definition) is 0. The van der Waals surface area contributed by atoms with Crippen LogP contribution in [0.1, 0.15) is 45.6 Å². The van der Waals surface area contributed by atoms with Crippen molar-refractivity contribution >= 4 is 11.5 Å². The number of nitro benzene ring substituents is 1. The highest BCUT2D eigenvalue weighted by atomic mass is 16.6. The number of hydrogen-bond acceptors (Lipinski definition) is 3. The predicted molar refractivity (Wildman–Crippen MR) is 82.1 cm³/mol. The summed E-state index contributed by atoms with van der Waals surface area (Å²) in [5.74, 6) is 0.681. The van der Waals surface area contributed by atoms with Gasteiger partial charge in [0.1, 0.15) is 5.78 Å². The molecule has 0 N–H and O–H groups in total. The minimum Gasteiger partial charge on any atom is -0.299 e. The highest BCUT2D eigenvalue weighted by Gasteiger charge is 2.35. The Balaban J connectivity index is 2.18. The van der Waals surface area contributed by atoms with Crippen molar-refractivity contribution in [2.24, 2.45) is 17.3 Å². The second-order valence-electron chi connectivity index (χ2n) is 7.09. The largest absolute Gasteiger partial charge is 0.299 e. The zero-order chi connectivity index (χ0) is 15.6. The topological polar surface area (TPSA) is 60.2 Å². The third kappa shape index (κ3) is 3.69. The molecule has 1 aromatic rings. The number of carbonyl (C=O) groups excluding carboxylic acids is 1. The van der Waals surface area contributed by atoms with Gasteiger partial charge in [0.2, 0.25) is 0 Å². The first-order valence-electron chi connectivity index (χ1n) is 7.54. The molecule has 21 heavy (non-hydrogen) atoms. The lowest BCUT2D eigenvalue weighted by Crippen LogP contribution is -2.33. The molecule has 114 valence electrons. The fourth-order valence-electron chi connectivity index (χ4n) is 3.22. The van der Waals surface area contributed by atoms with Crippen molar-refractivity contribution < 1.29 is 9.72 Å². The Labute approximate surface area is 125 Å². The van der Waals surface area contributed by atoms with Crippen molar-refractivity contribution in [2.45, 2.75) is 46.5 Å². The Kier molecular flexibility index (Phi) is 4.45. The molecule has 1 saturated carbocycles. The lowest BCUT2D eigenvalue weighted by Gasteiger charge is -2.37. The second-order valence-corrected chi connectivity index (χ2v) is 7.09. The number of Topliss-reactive ketones (excluding diaryl/α,β-unsaturated/α-hetero) is 1. The van der Waals surface area contributed by atoms with Gasteiger partial charge in [-0.1, -0.05) is 39.0 Å². The number of nitro groups is 1. The predicted octanol–water partition coefficient (Wildman–Crippen LogP) is 4.17. The first-order valence-corrected chi connectivity index (χ1v) is 7.54. The molecule has 0 heterocycles. The molecule has 1 aromatic carbocycles. The Morgan fingerprint density at radius 2 is 1.95 bits per heavy atom. The molecular weight excluding hydrogens is 266 g/mol. The van der Waals surface area contributed by atoms with Crippen LogP contribution in [0.2, 0.25) is 0 Å². The Morgan fingerprint density at radius 3 is 2.57 bits per heavy atom. The van der Waals surface area contributed by atoms with Gasteiger partial charge < -0.3 is 0 Å². The molecule has 1 aliphatic carbocycles. The monoisotopic (exact) mass is 289 g/mol. The van der Waals surface area contributed by atoms with Gasteiger partial charge in [0.25, 0.3) is 5.69 Å². The van der Waals surface area contributed by atoms with E-state index in [4.69, 9.17) is 0 Å². The highest BCUT2D eigenvalue weighted by molar-refractivity contribution is 5.82. The fourth-order valence-corrected chi connectivity index (χ4v) is 3.22. The van der Waals surface area contributed by atoms with Crippen LogP contribution >= 0.6 is 0 Å². The van der Waals surface area contributed by atoms with E-state index in [1.165, 1.54) is 6.07 Å². The molecule has 2 atom stereocenters. The molecule has 1 fully saturated rings. The van der Waals surface area contributed by atoms with E-state index in [0.29, 0.717) is 24.3 Å². The zero-order valence-corrected chi connectivity index (χ0v) is 13.0. The van der Waals surface area contributed by atoms with Crippen LogP contribution in [-0.4, -0.2) is 10.7 Å². The standard InChI is InChI=1S/C17H23NO3/c1-17(2,3)14-8-9-16(19)13(11-14)10-12-6-4-5-7-15(12)18(20)21/h4-7,13-14H,8-11H2,1-3H3. The number of para-hydroxylation sites is 1. The molecule has 0 aliphatic heterocycles. The van der Waals surface area contributed by atoms with Gasteiger partial charge in [0, 0.05) is 24.0 Å². The molecular formula is C17H23NO3. The van der Waals surface area contributed by atoms with E-state index in [0.717, 1.165) is 12.8 Å². The molecule has 4 heteroatoms. The lowest BCUT2D eigenvalue weighted by atomic mass is 9.67. The molecule has 0 amide bonds. The Morgan fingerprint density at radius 1 is 1.29 bits per heavy atom. The molecule has 0 saturated heterocycles. The van der Waals surface area contributed by atoms with E-state index in [1.54, 1.807) is 18.2 Å². The van der Waals surface area contributed by atoms with Crippen molar-refractivity contribution in [1.82, 2.24) is 0 Å². The summed E-state index contributed by atoms with van der Waals surface area (Å²) in [5.41, 5.74) is 0.986. The molecule has 0 radical (unpaired) electrons. The summed E-state index contributed by atoms with van der Waals surface area (Å²) in [6, 6.07) is 6.76. The van der Waals surface area contributed by atoms with Crippen molar-refractivity contribution in [3.63, 3.8) is 0 Å².